The zero-order valence-electron chi connectivity index (χ0n) is 4.97. The largest absolute Gasteiger partial charge is 0.492 e. The van der Waals surface area contributed by atoms with Gasteiger partial charge in [0.2, 0.25) is 5.88 Å². The second-order valence-electron chi connectivity index (χ2n) is 1.81. The summed E-state index contributed by atoms with van der Waals surface area (Å²) in [7, 11) is 0. The van der Waals surface area contributed by atoms with E-state index in [2.05, 4.69) is 15.1 Å². The Kier molecular flexibility index (Phi) is 0.858. The van der Waals surface area contributed by atoms with E-state index >= 15 is 0 Å². The summed E-state index contributed by atoms with van der Waals surface area (Å²) in [5.74, 6) is -0.0486. The van der Waals surface area contributed by atoms with Crippen molar-refractivity contribution >= 4 is 5.52 Å². The molecule has 0 spiro atoms. The van der Waals surface area contributed by atoms with Gasteiger partial charge in [-0.15, -0.1) is 0 Å². The Hall–Kier alpha value is -1.65. The van der Waals surface area contributed by atoms with Crippen LogP contribution in [0, 0.1) is 0 Å². The summed E-state index contributed by atoms with van der Waals surface area (Å²) in [6.07, 6.45) is 4.26. The van der Waals surface area contributed by atoms with E-state index in [1.54, 1.807) is 0 Å². The average Bonchev–Trinajstić information content (AvgIpc) is 2.36. The Balaban J connectivity index is 2.95. The molecule has 0 unspecified atom stereocenters. The Morgan fingerprint density at radius 3 is 3.20 bits per heavy atom. The van der Waals surface area contributed by atoms with Crippen LogP contribution in [-0.4, -0.2) is 24.7 Å². The first kappa shape index (κ1) is 5.16. The highest BCUT2D eigenvalue weighted by atomic mass is 16.3. The van der Waals surface area contributed by atoms with Crippen molar-refractivity contribution in [1.29, 1.82) is 0 Å². The molecule has 0 saturated carbocycles. The van der Waals surface area contributed by atoms with Crippen molar-refractivity contribution in [1.82, 2.24) is 19.6 Å². The molecule has 2 aromatic rings. The molecule has 0 atom stereocenters. The van der Waals surface area contributed by atoms with Crippen molar-refractivity contribution in [3.05, 3.63) is 18.9 Å². The summed E-state index contributed by atoms with van der Waals surface area (Å²) >= 11 is 0. The van der Waals surface area contributed by atoms with Crippen molar-refractivity contribution in [2.75, 3.05) is 0 Å². The minimum Gasteiger partial charge on any atom is -0.492 e. The summed E-state index contributed by atoms with van der Waals surface area (Å²) in [5, 5.41) is 12.8. The van der Waals surface area contributed by atoms with Gasteiger partial charge in [0.15, 0.2) is 0 Å². The molecule has 2 heterocycles. The van der Waals surface area contributed by atoms with Crippen LogP contribution in [0.15, 0.2) is 18.9 Å². The van der Waals surface area contributed by atoms with Gasteiger partial charge in [-0.25, -0.2) is 9.50 Å². The van der Waals surface area contributed by atoms with Gasteiger partial charge in [-0.2, -0.15) is 10.1 Å². The molecule has 2 rings (SSSR count). The fourth-order valence-electron chi connectivity index (χ4n) is 0.743. The number of aromatic hydroxyl groups is 1. The van der Waals surface area contributed by atoms with Crippen LogP contribution in [0.5, 0.6) is 5.88 Å². The average molecular weight is 136 g/mol. The van der Waals surface area contributed by atoms with Crippen LogP contribution in [0.2, 0.25) is 0 Å². The molecule has 5 heteroatoms. The van der Waals surface area contributed by atoms with E-state index in [0.717, 1.165) is 0 Å². The first-order valence-corrected chi connectivity index (χ1v) is 2.70. The minimum atomic E-state index is -0.0486. The summed E-state index contributed by atoms with van der Waals surface area (Å²) in [5.41, 5.74) is 0.516. The van der Waals surface area contributed by atoms with E-state index in [9.17, 15) is 0 Å². The SMILES string of the molecule is Oc1ncnn2cncc12. The van der Waals surface area contributed by atoms with Gasteiger partial charge in [-0.05, 0) is 0 Å². The van der Waals surface area contributed by atoms with Gasteiger partial charge >= 0.3 is 0 Å². The van der Waals surface area contributed by atoms with Crippen LogP contribution in [0.3, 0.4) is 0 Å². The fourth-order valence-corrected chi connectivity index (χ4v) is 0.743. The monoisotopic (exact) mass is 136 g/mol. The van der Waals surface area contributed by atoms with Crippen molar-refractivity contribution in [2.45, 2.75) is 0 Å². The number of rotatable bonds is 0. The van der Waals surface area contributed by atoms with Gasteiger partial charge in [0.25, 0.3) is 0 Å². The number of fused-ring (bicyclic) bond motifs is 1. The molecule has 0 bridgehead atoms. The van der Waals surface area contributed by atoms with Gasteiger partial charge < -0.3 is 5.11 Å². The second kappa shape index (κ2) is 1.66. The third kappa shape index (κ3) is 0.540. The third-order valence-corrected chi connectivity index (χ3v) is 1.20. The van der Waals surface area contributed by atoms with Crippen molar-refractivity contribution in [2.24, 2.45) is 0 Å². The van der Waals surface area contributed by atoms with Crippen molar-refractivity contribution < 1.29 is 5.11 Å². The maximum absolute atomic E-state index is 9.05. The number of imidazole rings is 1. The Morgan fingerprint density at radius 1 is 1.50 bits per heavy atom. The van der Waals surface area contributed by atoms with Crippen LogP contribution < -0.4 is 0 Å². The van der Waals surface area contributed by atoms with Crippen LogP contribution >= 0.6 is 0 Å². The molecule has 0 aromatic carbocycles. The van der Waals surface area contributed by atoms with Gasteiger partial charge in [0.1, 0.15) is 18.2 Å². The van der Waals surface area contributed by atoms with Crippen molar-refractivity contribution in [3.63, 3.8) is 0 Å². The molecule has 5 nitrogen and oxygen atoms in total. The lowest BCUT2D eigenvalue weighted by Crippen LogP contribution is -1.89. The lowest BCUT2D eigenvalue weighted by atomic mass is 10.6. The molecule has 2 aromatic heterocycles. The highest BCUT2D eigenvalue weighted by molar-refractivity contribution is 5.51. The van der Waals surface area contributed by atoms with E-state index in [4.69, 9.17) is 5.11 Å². The van der Waals surface area contributed by atoms with E-state index in [0.29, 0.717) is 5.52 Å². The molecule has 0 aliphatic heterocycles. The van der Waals surface area contributed by atoms with Crippen LogP contribution in [0.1, 0.15) is 0 Å². The smallest absolute Gasteiger partial charge is 0.240 e. The maximum atomic E-state index is 9.05. The van der Waals surface area contributed by atoms with Gasteiger partial charge in [0, 0.05) is 0 Å². The van der Waals surface area contributed by atoms with Gasteiger partial charge in [-0.1, -0.05) is 0 Å². The number of hydrogen-bond acceptors (Lipinski definition) is 4. The lowest BCUT2D eigenvalue weighted by molar-refractivity contribution is 0.454. The second-order valence-corrected chi connectivity index (χ2v) is 1.81. The van der Waals surface area contributed by atoms with E-state index in [1.165, 1.54) is 23.4 Å². The Bertz CT molecular complexity index is 355. The van der Waals surface area contributed by atoms with Gasteiger partial charge in [-0.3, -0.25) is 0 Å². The molecule has 0 radical (unpaired) electrons. The Morgan fingerprint density at radius 2 is 2.40 bits per heavy atom. The molecule has 10 heavy (non-hydrogen) atoms. The number of hydrogen-bond donors (Lipinski definition) is 1. The summed E-state index contributed by atoms with van der Waals surface area (Å²) in [4.78, 5) is 7.33. The molecule has 0 aliphatic carbocycles. The van der Waals surface area contributed by atoms with Crippen LogP contribution in [-0.2, 0) is 0 Å². The standard InChI is InChI=1S/C5H4N4O/c10-5-4-1-6-3-9(4)8-2-7-5/h1-3H,(H,7,8,10). The highest BCUT2D eigenvalue weighted by Gasteiger charge is 1.98. The van der Waals surface area contributed by atoms with E-state index in [1.807, 2.05) is 0 Å². The number of aromatic nitrogens is 4. The molecule has 0 aliphatic rings. The summed E-state index contributed by atoms with van der Waals surface area (Å²) < 4.78 is 1.45. The molecule has 50 valence electrons. The van der Waals surface area contributed by atoms with Crippen LogP contribution in [0.4, 0.5) is 0 Å². The first-order valence-electron chi connectivity index (χ1n) is 2.70. The maximum Gasteiger partial charge on any atom is 0.240 e. The zero-order valence-corrected chi connectivity index (χ0v) is 4.97. The summed E-state index contributed by atoms with van der Waals surface area (Å²) in [6, 6.07) is 0. The predicted octanol–water partition coefficient (Wildman–Crippen LogP) is -0.170. The topological polar surface area (TPSA) is 63.3 Å². The Labute approximate surface area is 56.0 Å². The molecule has 0 saturated heterocycles. The van der Waals surface area contributed by atoms with E-state index < -0.39 is 0 Å². The molecule has 1 N–H and O–H groups in total. The van der Waals surface area contributed by atoms with Crippen LogP contribution in [0.25, 0.3) is 5.52 Å². The fraction of sp³-hybridized carbons (Fsp3) is 0. The molecular formula is C5H4N4O. The quantitative estimate of drug-likeness (QED) is 0.546. The normalized spacial score (nSPS) is 10.4. The highest BCUT2D eigenvalue weighted by Crippen LogP contribution is 2.09. The third-order valence-electron chi connectivity index (χ3n) is 1.20. The van der Waals surface area contributed by atoms with Gasteiger partial charge in [0.05, 0.1) is 6.20 Å². The van der Waals surface area contributed by atoms with E-state index in [-0.39, 0.29) is 5.88 Å². The summed E-state index contributed by atoms with van der Waals surface area (Å²) in [6.45, 7) is 0. The minimum absolute atomic E-state index is 0.0486. The molecule has 0 amide bonds. The lowest BCUT2D eigenvalue weighted by Gasteiger charge is -1.90. The zero-order chi connectivity index (χ0) is 6.97. The number of nitrogens with zero attached hydrogens (tertiary/aromatic N) is 4. The first-order chi connectivity index (χ1) is 4.88. The van der Waals surface area contributed by atoms with Crippen molar-refractivity contribution in [3.8, 4) is 5.88 Å². The molecule has 0 fully saturated rings. The predicted molar refractivity (Wildman–Crippen MR) is 32.4 cm³/mol. The molecular weight excluding hydrogens is 132 g/mol.